The van der Waals surface area contributed by atoms with Crippen LogP contribution in [0.15, 0.2) is 24.3 Å². The average Bonchev–Trinajstić information content (AvgIpc) is 2.42. The lowest BCUT2D eigenvalue weighted by Crippen LogP contribution is -2.49. The quantitative estimate of drug-likeness (QED) is 0.791. The molecule has 0 fully saturated rings. The van der Waals surface area contributed by atoms with Gasteiger partial charge in [-0.05, 0) is 25.0 Å². The molecule has 0 aliphatic heterocycles. The van der Waals surface area contributed by atoms with Gasteiger partial charge in [0.05, 0.1) is 17.2 Å². The second-order valence-electron chi connectivity index (χ2n) is 4.57. The number of hydrogen-bond acceptors (Lipinski definition) is 3. The maximum atomic E-state index is 12.1. The SMILES string of the molecule is CCONC(=O)C(NC(=O)c1ccccc1Cl)C(C)C. The highest BCUT2D eigenvalue weighted by Gasteiger charge is 2.25. The third-order valence-electron chi connectivity index (χ3n) is 2.67. The lowest BCUT2D eigenvalue weighted by atomic mass is 10.0. The van der Waals surface area contributed by atoms with Crippen molar-refractivity contribution in [1.82, 2.24) is 10.8 Å². The highest BCUT2D eigenvalue weighted by molar-refractivity contribution is 6.33. The Hall–Kier alpha value is -1.59. The van der Waals surface area contributed by atoms with Gasteiger partial charge in [-0.2, -0.15) is 0 Å². The fourth-order valence-electron chi connectivity index (χ4n) is 1.61. The third-order valence-corrected chi connectivity index (χ3v) is 3.00. The van der Waals surface area contributed by atoms with E-state index in [4.69, 9.17) is 16.4 Å². The van der Waals surface area contributed by atoms with Crippen molar-refractivity contribution in [2.75, 3.05) is 6.61 Å². The first-order valence-corrected chi connectivity index (χ1v) is 6.82. The van der Waals surface area contributed by atoms with Gasteiger partial charge in [0.25, 0.3) is 11.8 Å². The predicted molar refractivity (Wildman–Crippen MR) is 77.3 cm³/mol. The van der Waals surface area contributed by atoms with Gasteiger partial charge in [0.1, 0.15) is 6.04 Å². The van der Waals surface area contributed by atoms with E-state index in [1.807, 2.05) is 13.8 Å². The summed E-state index contributed by atoms with van der Waals surface area (Å²) in [7, 11) is 0. The summed E-state index contributed by atoms with van der Waals surface area (Å²) in [6.07, 6.45) is 0. The fourth-order valence-corrected chi connectivity index (χ4v) is 1.83. The van der Waals surface area contributed by atoms with E-state index in [0.29, 0.717) is 17.2 Å². The molecule has 0 saturated carbocycles. The first kappa shape index (κ1) is 16.5. The van der Waals surface area contributed by atoms with Crippen LogP contribution >= 0.6 is 11.6 Å². The van der Waals surface area contributed by atoms with E-state index in [-0.39, 0.29) is 17.7 Å². The van der Waals surface area contributed by atoms with E-state index in [2.05, 4.69) is 10.8 Å². The Morgan fingerprint density at radius 2 is 1.95 bits per heavy atom. The van der Waals surface area contributed by atoms with Crippen molar-refractivity contribution >= 4 is 23.4 Å². The fraction of sp³-hybridized carbons (Fsp3) is 0.429. The van der Waals surface area contributed by atoms with Crippen LogP contribution in [0.3, 0.4) is 0 Å². The van der Waals surface area contributed by atoms with E-state index in [9.17, 15) is 9.59 Å². The largest absolute Gasteiger partial charge is 0.340 e. The highest BCUT2D eigenvalue weighted by Crippen LogP contribution is 2.15. The van der Waals surface area contributed by atoms with Crippen LogP contribution in [0.25, 0.3) is 0 Å². The smallest absolute Gasteiger partial charge is 0.266 e. The van der Waals surface area contributed by atoms with Gasteiger partial charge in [0.2, 0.25) is 0 Å². The second-order valence-corrected chi connectivity index (χ2v) is 4.98. The molecule has 6 heteroatoms. The number of nitrogens with one attached hydrogen (secondary N) is 2. The second kappa shape index (κ2) is 7.87. The van der Waals surface area contributed by atoms with Crippen LogP contribution in [-0.4, -0.2) is 24.5 Å². The molecule has 0 saturated heterocycles. The summed E-state index contributed by atoms with van der Waals surface area (Å²) in [5.74, 6) is -0.856. The third kappa shape index (κ3) is 4.51. The minimum Gasteiger partial charge on any atom is -0.340 e. The first-order valence-electron chi connectivity index (χ1n) is 6.44. The Bertz CT molecular complexity index is 477. The summed E-state index contributed by atoms with van der Waals surface area (Å²) < 4.78 is 0. The van der Waals surface area contributed by atoms with Crippen molar-refractivity contribution in [3.63, 3.8) is 0 Å². The van der Waals surface area contributed by atoms with Crippen LogP contribution in [0.4, 0.5) is 0 Å². The van der Waals surface area contributed by atoms with Crippen LogP contribution in [-0.2, 0) is 9.63 Å². The molecule has 0 spiro atoms. The van der Waals surface area contributed by atoms with Gasteiger partial charge in [0, 0.05) is 0 Å². The molecule has 1 unspecified atom stereocenters. The Morgan fingerprint density at radius 3 is 2.50 bits per heavy atom. The molecule has 1 rings (SSSR count). The zero-order chi connectivity index (χ0) is 15.1. The lowest BCUT2D eigenvalue weighted by molar-refractivity contribution is -0.136. The number of benzene rings is 1. The Labute approximate surface area is 123 Å². The molecule has 20 heavy (non-hydrogen) atoms. The zero-order valence-electron chi connectivity index (χ0n) is 11.8. The summed E-state index contributed by atoms with van der Waals surface area (Å²) >= 11 is 5.96. The van der Waals surface area contributed by atoms with Crippen molar-refractivity contribution < 1.29 is 14.4 Å². The van der Waals surface area contributed by atoms with E-state index in [1.165, 1.54) is 0 Å². The zero-order valence-corrected chi connectivity index (χ0v) is 12.5. The normalized spacial score (nSPS) is 12.1. The molecule has 0 heterocycles. The molecule has 0 radical (unpaired) electrons. The van der Waals surface area contributed by atoms with Crippen molar-refractivity contribution in [2.24, 2.45) is 5.92 Å². The van der Waals surface area contributed by atoms with E-state index in [1.54, 1.807) is 31.2 Å². The molecule has 1 aromatic rings. The standard InChI is InChI=1S/C14H19ClN2O3/c1-4-20-17-14(19)12(9(2)3)16-13(18)10-7-5-6-8-11(10)15/h5-9,12H,4H2,1-3H3,(H,16,18)(H,17,19). The summed E-state index contributed by atoms with van der Waals surface area (Å²) in [5, 5.41) is 3.01. The number of carbonyl (C=O) groups excluding carboxylic acids is 2. The van der Waals surface area contributed by atoms with Crippen LogP contribution in [0, 0.1) is 5.92 Å². The topological polar surface area (TPSA) is 67.4 Å². The molecular formula is C14H19ClN2O3. The average molecular weight is 299 g/mol. The number of amides is 2. The maximum absolute atomic E-state index is 12.1. The van der Waals surface area contributed by atoms with Crippen LogP contribution in [0.1, 0.15) is 31.1 Å². The Balaban J connectivity index is 2.78. The molecule has 1 aromatic carbocycles. The molecule has 0 aliphatic carbocycles. The summed E-state index contributed by atoms with van der Waals surface area (Å²) in [4.78, 5) is 28.9. The van der Waals surface area contributed by atoms with Gasteiger partial charge in [-0.1, -0.05) is 37.6 Å². The summed E-state index contributed by atoms with van der Waals surface area (Å²) in [5.41, 5.74) is 2.64. The molecule has 2 amide bonds. The van der Waals surface area contributed by atoms with E-state index >= 15 is 0 Å². The number of carbonyl (C=O) groups is 2. The van der Waals surface area contributed by atoms with Crippen molar-refractivity contribution in [3.05, 3.63) is 34.9 Å². The van der Waals surface area contributed by atoms with Crippen molar-refractivity contribution in [2.45, 2.75) is 26.8 Å². The van der Waals surface area contributed by atoms with Gasteiger partial charge >= 0.3 is 0 Å². The number of hydroxylamine groups is 1. The molecule has 110 valence electrons. The molecule has 0 bridgehead atoms. The number of hydrogen-bond donors (Lipinski definition) is 2. The van der Waals surface area contributed by atoms with Crippen molar-refractivity contribution in [3.8, 4) is 0 Å². The van der Waals surface area contributed by atoms with Gasteiger partial charge in [-0.15, -0.1) is 0 Å². The highest BCUT2D eigenvalue weighted by atomic mass is 35.5. The summed E-state index contributed by atoms with van der Waals surface area (Å²) in [6, 6.07) is 5.99. The van der Waals surface area contributed by atoms with Gasteiger partial charge in [0.15, 0.2) is 0 Å². The molecule has 0 aliphatic rings. The van der Waals surface area contributed by atoms with Gasteiger partial charge in [-0.3, -0.25) is 14.4 Å². The number of halogens is 1. The van der Waals surface area contributed by atoms with Gasteiger partial charge < -0.3 is 5.32 Å². The Kier molecular flexibility index (Phi) is 6.48. The minimum atomic E-state index is -0.690. The van der Waals surface area contributed by atoms with Crippen LogP contribution < -0.4 is 10.8 Å². The van der Waals surface area contributed by atoms with Gasteiger partial charge in [-0.25, -0.2) is 5.48 Å². The van der Waals surface area contributed by atoms with Crippen molar-refractivity contribution in [1.29, 1.82) is 0 Å². The number of rotatable bonds is 6. The van der Waals surface area contributed by atoms with E-state index in [0.717, 1.165) is 0 Å². The molecule has 5 nitrogen and oxygen atoms in total. The maximum Gasteiger partial charge on any atom is 0.266 e. The Morgan fingerprint density at radius 1 is 1.30 bits per heavy atom. The minimum absolute atomic E-state index is 0.0816. The monoisotopic (exact) mass is 298 g/mol. The molecule has 1 atom stereocenters. The molecular weight excluding hydrogens is 280 g/mol. The lowest BCUT2D eigenvalue weighted by Gasteiger charge is -2.21. The van der Waals surface area contributed by atoms with E-state index < -0.39 is 6.04 Å². The molecule has 2 N–H and O–H groups in total. The first-order chi connectivity index (χ1) is 9.47. The van der Waals surface area contributed by atoms with Crippen LogP contribution in [0.2, 0.25) is 5.02 Å². The summed E-state index contributed by atoms with van der Waals surface area (Å²) in [6.45, 7) is 5.79. The van der Waals surface area contributed by atoms with Crippen LogP contribution in [0.5, 0.6) is 0 Å². The molecule has 0 aromatic heterocycles. The predicted octanol–water partition coefficient (Wildman–Crippen LogP) is 2.16.